The minimum absolute atomic E-state index is 0.670. The Morgan fingerprint density at radius 3 is 2.69 bits per heavy atom. The Labute approximate surface area is 96.2 Å². The summed E-state index contributed by atoms with van der Waals surface area (Å²) in [5.41, 5.74) is 0. The Bertz CT molecular complexity index is 337. The average molecular weight is 220 g/mol. The van der Waals surface area contributed by atoms with Gasteiger partial charge in [-0.1, -0.05) is 0 Å². The number of hydrogen-bond donors (Lipinski definition) is 2. The molecule has 0 radical (unpaired) electrons. The monoisotopic (exact) mass is 220 g/mol. The van der Waals surface area contributed by atoms with E-state index in [0.717, 1.165) is 24.0 Å². The molecule has 0 unspecified atom stereocenters. The molecule has 1 saturated heterocycles. The summed E-state index contributed by atoms with van der Waals surface area (Å²) in [4.78, 5) is 4.57. The summed E-state index contributed by atoms with van der Waals surface area (Å²) in [5.74, 6) is 3.71. The van der Waals surface area contributed by atoms with Crippen molar-refractivity contribution in [1.29, 1.82) is 0 Å². The van der Waals surface area contributed by atoms with Crippen LogP contribution in [0, 0.1) is 5.92 Å². The summed E-state index contributed by atoms with van der Waals surface area (Å²) in [6, 6.07) is 0. The molecular weight excluding hydrogens is 200 g/mol. The fourth-order valence-electron chi connectivity index (χ4n) is 2.46. The second-order valence-electron chi connectivity index (χ2n) is 5.15. The van der Waals surface area contributed by atoms with E-state index >= 15 is 0 Å². The van der Waals surface area contributed by atoms with Gasteiger partial charge in [0.15, 0.2) is 5.82 Å². The molecule has 1 aliphatic heterocycles. The number of nitrogens with one attached hydrogen (secondary N) is 2. The highest BCUT2D eigenvalue weighted by molar-refractivity contribution is 5.05. The molecule has 0 amide bonds. The van der Waals surface area contributed by atoms with Crippen molar-refractivity contribution >= 4 is 0 Å². The number of nitrogens with zero attached hydrogens (tertiary/aromatic N) is 2. The maximum Gasteiger partial charge on any atom is 0.153 e. The average Bonchev–Trinajstić information content (AvgIpc) is 3.08. The van der Waals surface area contributed by atoms with E-state index in [9.17, 15) is 0 Å². The molecule has 1 aromatic rings. The van der Waals surface area contributed by atoms with Crippen LogP contribution in [0.1, 0.15) is 49.7 Å². The lowest BCUT2D eigenvalue weighted by molar-refractivity contribution is 0.352. The lowest BCUT2D eigenvalue weighted by Crippen LogP contribution is -2.27. The van der Waals surface area contributed by atoms with Gasteiger partial charge in [0.25, 0.3) is 0 Å². The Morgan fingerprint density at radius 1 is 1.12 bits per heavy atom. The van der Waals surface area contributed by atoms with Gasteiger partial charge in [0.1, 0.15) is 5.82 Å². The van der Waals surface area contributed by atoms with E-state index in [2.05, 4.69) is 20.5 Å². The quantitative estimate of drug-likeness (QED) is 0.810. The number of rotatable bonds is 4. The number of aromatic amines is 1. The van der Waals surface area contributed by atoms with Gasteiger partial charge in [-0.3, -0.25) is 5.10 Å². The number of aryl methyl sites for hydroxylation is 1. The van der Waals surface area contributed by atoms with Gasteiger partial charge in [0, 0.05) is 12.3 Å². The van der Waals surface area contributed by atoms with Crippen LogP contribution in [-0.4, -0.2) is 28.3 Å². The van der Waals surface area contributed by atoms with E-state index in [1.807, 2.05) is 0 Å². The molecule has 1 aliphatic carbocycles. The second-order valence-corrected chi connectivity index (χ2v) is 5.15. The largest absolute Gasteiger partial charge is 0.317 e. The van der Waals surface area contributed by atoms with Crippen LogP contribution in [0.3, 0.4) is 0 Å². The molecule has 4 nitrogen and oxygen atoms in total. The lowest BCUT2D eigenvalue weighted by atomic mass is 9.93. The summed E-state index contributed by atoms with van der Waals surface area (Å²) in [7, 11) is 0. The van der Waals surface area contributed by atoms with Crippen molar-refractivity contribution in [1.82, 2.24) is 20.5 Å². The molecule has 88 valence electrons. The van der Waals surface area contributed by atoms with E-state index in [0.29, 0.717) is 5.92 Å². The predicted molar refractivity (Wildman–Crippen MR) is 62.3 cm³/mol. The fourth-order valence-corrected chi connectivity index (χ4v) is 2.46. The van der Waals surface area contributed by atoms with E-state index in [4.69, 9.17) is 0 Å². The maximum absolute atomic E-state index is 4.57. The van der Waals surface area contributed by atoms with Crippen LogP contribution >= 0.6 is 0 Å². The first kappa shape index (κ1) is 10.3. The normalized spacial score (nSPS) is 22.5. The van der Waals surface area contributed by atoms with Gasteiger partial charge < -0.3 is 5.32 Å². The molecule has 16 heavy (non-hydrogen) atoms. The van der Waals surface area contributed by atoms with Crippen molar-refractivity contribution in [2.75, 3.05) is 13.1 Å². The Kier molecular flexibility index (Phi) is 2.91. The summed E-state index contributed by atoms with van der Waals surface area (Å²) >= 11 is 0. The van der Waals surface area contributed by atoms with Gasteiger partial charge in [-0.05, 0) is 51.1 Å². The van der Waals surface area contributed by atoms with Crippen molar-refractivity contribution in [2.24, 2.45) is 5.92 Å². The maximum atomic E-state index is 4.57. The number of hydrogen-bond acceptors (Lipinski definition) is 3. The summed E-state index contributed by atoms with van der Waals surface area (Å²) in [6.07, 6.45) is 7.55. The van der Waals surface area contributed by atoms with Gasteiger partial charge in [0.05, 0.1) is 0 Å². The zero-order chi connectivity index (χ0) is 10.8. The molecule has 0 aromatic carbocycles. The fraction of sp³-hybridized carbons (Fsp3) is 0.833. The molecule has 0 spiro atoms. The number of H-pyrrole nitrogens is 1. The first-order valence-corrected chi connectivity index (χ1v) is 6.54. The SMILES string of the molecule is C1CC(CCc2nc(C3CC3)n[nH]2)CCN1. The van der Waals surface area contributed by atoms with Gasteiger partial charge in [-0.2, -0.15) is 5.10 Å². The third-order valence-electron chi connectivity index (χ3n) is 3.74. The number of aromatic nitrogens is 3. The highest BCUT2D eigenvalue weighted by Gasteiger charge is 2.27. The zero-order valence-electron chi connectivity index (χ0n) is 9.71. The molecule has 2 N–H and O–H groups in total. The van der Waals surface area contributed by atoms with Crippen molar-refractivity contribution in [3.63, 3.8) is 0 Å². The third-order valence-corrected chi connectivity index (χ3v) is 3.74. The van der Waals surface area contributed by atoms with Crippen molar-refractivity contribution in [3.05, 3.63) is 11.6 Å². The smallest absolute Gasteiger partial charge is 0.153 e. The van der Waals surface area contributed by atoms with E-state index in [1.165, 1.54) is 45.2 Å². The van der Waals surface area contributed by atoms with Crippen LogP contribution in [0.4, 0.5) is 0 Å². The molecule has 4 heteroatoms. The molecular formula is C12H20N4. The highest BCUT2D eigenvalue weighted by Crippen LogP contribution is 2.37. The Hall–Kier alpha value is -0.900. The molecule has 1 saturated carbocycles. The van der Waals surface area contributed by atoms with E-state index in [1.54, 1.807) is 0 Å². The van der Waals surface area contributed by atoms with E-state index in [-0.39, 0.29) is 0 Å². The van der Waals surface area contributed by atoms with Gasteiger partial charge >= 0.3 is 0 Å². The summed E-state index contributed by atoms with van der Waals surface area (Å²) in [6.45, 7) is 2.38. The van der Waals surface area contributed by atoms with Gasteiger partial charge in [-0.15, -0.1) is 0 Å². The lowest BCUT2D eigenvalue weighted by Gasteiger charge is -2.21. The van der Waals surface area contributed by atoms with E-state index < -0.39 is 0 Å². The van der Waals surface area contributed by atoms with Gasteiger partial charge in [-0.25, -0.2) is 4.98 Å². The molecule has 3 rings (SSSR count). The molecule has 0 atom stereocenters. The Balaban J connectivity index is 1.49. The molecule has 2 aliphatic rings. The molecule has 2 heterocycles. The predicted octanol–water partition coefficient (Wildman–Crippen LogP) is 1.61. The van der Waals surface area contributed by atoms with Crippen molar-refractivity contribution in [3.8, 4) is 0 Å². The van der Waals surface area contributed by atoms with Crippen LogP contribution < -0.4 is 5.32 Å². The first-order chi connectivity index (χ1) is 7.92. The van der Waals surface area contributed by atoms with Crippen LogP contribution in [0.5, 0.6) is 0 Å². The third kappa shape index (κ3) is 2.43. The minimum atomic E-state index is 0.670. The first-order valence-electron chi connectivity index (χ1n) is 6.54. The second kappa shape index (κ2) is 4.53. The molecule has 1 aromatic heterocycles. The summed E-state index contributed by atoms with van der Waals surface area (Å²) in [5, 5.41) is 10.8. The molecule has 0 bridgehead atoms. The highest BCUT2D eigenvalue weighted by atomic mass is 15.2. The van der Waals surface area contributed by atoms with Crippen molar-refractivity contribution < 1.29 is 0 Å². The zero-order valence-corrected chi connectivity index (χ0v) is 9.71. The molecule has 2 fully saturated rings. The standard InChI is InChI=1S/C12H20N4/c1(9-5-7-13-8-6-9)4-11-14-12(16-15-11)10-2-3-10/h9-10,13H,1-8H2,(H,14,15,16). The number of piperidine rings is 1. The minimum Gasteiger partial charge on any atom is -0.317 e. The van der Waals surface area contributed by atoms with Crippen LogP contribution in [0.2, 0.25) is 0 Å². The van der Waals surface area contributed by atoms with Crippen LogP contribution in [0.15, 0.2) is 0 Å². The van der Waals surface area contributed by atoms with Crippen molar-refractivity contribution in [2.45, 2.75) is 44.4 Å². The topological polar surface area (TPSA) is 53.6 Å². The van der Waals surface area contributed by atoms with Crippen LogP contribution in [-0.2, 0) is 6.42 Å². The van der Waals surface area contributed by atoms with Crippen LogP contribution in [0.25, 0.3) is 0 Å². The Morgan fingerprint density at radius 2 is 1.94 bits per heavy atom. The van der Waals surface area contributed by atoms with Gasteiger partial charge in [0.2, 0.25) is 0 Å². The summed E-state index contributed by atoms with van der Waals surface area (Å²) < 4.78 is 0.